The molecule has 0 spiro atoms. The molecule has 0 fully saturated rings. The molecule has 0 aromatic carbocycles. The molecule has 14 heteroatoms. The van der Waals surface area contributed by atoms with E-state index in [0.29, 0.717) is 5.92 Å². The molecule has 1 aliphatic rings. The molecule has 55 heavy (non-hydrogen) atoms. The number of hydrogen-bond acceptors (Lipinski definition) is 0. The van der Waals surface area contributed by atoms with E-state index < -0.39 is 0 Å². The molecule has 14 nitrogen and oxygen atoms in total. The molecule has 4 aromatic heterocycles. The molecule has 0 radical (unpaired) electrons. The standard InChI is InChI=1S/C18H35N5.C12H22N5.C11H25N4/c1-22(2,3)16-20-11-9-18(14-20)8-7-10-19-12-13-21(15-19)17-23(4,5)6;1-13-5-6-14(9-13)10-15-7-8-16(11-15)12-17(2,3)4;1-14(2,3)10-12-7-8-13(9-12)11-15(4,5)6/h9,11-15,18H,7-8,10,16-17H2,1-6H3;5-9,11H,10,12H2,1-4H3;7-9H,10-11H2,1-6H3/q+4;2*+3. The third-order valence-electron chi connectivity index (χ3n) is 8.19. The quantitative estimate of drug-likeness (QED) is 0.120. The van der Waals surface area contributed by atoms with Crippen LogP contribution in [0.1, 0.15) is 12.8 Å². The third-order valence-corrected chi connectivity index (χ3v) is 8.19. The highest BCUT2D eigenvalue weighted by atomic mass is 15.4. The van der Waals surface area contributed by atoms with Gasteiger partial charge in [0, 0.05) is 0 Å². The molecule has 5 rings (SSSR count). The Morgan fingerprint density at radius 3 is 1.42 bits per heavy atom. The Labute approximate surface area is 334 Å². The van der Waals surface area contributed by atoms with Crippen molar-refractivity contribution in [2.24, 2.45) is 13.0 Å². The van der Waals surface area contributed by atoms with Crippen LogP contribution >= 0.6 is 0 Å². The molecule has 1 atom stereocenters. The molecule has 5 heterocycles. The van der Waals surface area contributed by atoms with Crippen molar-refractivity contribution < 1.29 is 45.3 Å². The highest BCUT2D eigenvalue weighted by molar-refractivity contribution is 5.60. The predicted octanol–water partition coefficient (Wildman–Crippen LogP) is 0.784. The van der Waals surface area contributed by atoms with Crippen molar-refractivity contribution in [2.75, 3.05) is 112 Å². The van der Waals surface area contributed by atoms with Crippen molar-refractivity contribution >= 4 is 6.21 Å². The number of nitrogens with zero attached hydrogens (tertiary/aromatic N) is 14. The van der Waals surface area contributed by atoms with E-state index in [4.69, 9.17) is 0 Å². The predicted molar refractivity (Wildman–Crippen MR) is 218 cm³/mol. The highest BCUT2D eigenvalue weighted by Crippen LogP contribution is 2.12. The topological polar surface area (TPSA) is 38.2 Å². The lowest BCUT2D eigenvalue weighted by atomic mass is 10.1. The van der Waals surface area contributed by atoms with Crippen molar-refractivity contribution in [3.63, 3.8) is 0 Å². The van der Waals surface area contributed by atoms with Gasteiger partial charge in [-0.1, -0.05) is 0 Å². The number of quaternary nitrogens is 5. The Hall–Kier alpha value is -3.95. The fraction of sp³-hybridized carbons (Fsp3) is 0.634. The summed E-state index contributed by atoms with van der Waals surface area (Å²) in [6.45, 7) is 6.98. The van der Waals surface area contributed by atoms with Crippen LogP contribution in [0.25, 0.3) is 0 Å². The van der Waals surface area contributed by atoms with Crippen LogP contribution in [-0.4, -0.2) is 164 Å². The van der Waals surface area contributed by atoms with E-state index in [0.717, 1.165) is 69.0 Å². The summed E-state index contributed by atoms with van der Waals surface area (Å²) in [5.41, 5.74) is 0. The van der Waals surface area contributed by atoms with E-state index in [1.807, 2.05) is 17.8 Å². The molecule has 1 aliphatic heterocycles. The van der Waals surface area contributed by atoms with Crippen LogP contribution in [0.5, 0.6) is 0 Å². The van der Waals surface area contributed by atoms with Gasteiger partial charge in [0.15, 0.2) is 12.4 Å². The molecular weight excluding hydrogens is 689 g/mol. The molecule has 0 bridgehead atoms. The van der Waals surface area contributed by atoms with Crippen LogP contribution in [0.15, 0.2) is 87.2 Å². The number of imidazole rings is 4. The maximum atomic E-state index is 2.37. The summed E-state index contributed by atoms with van der Waals surface area (Å²) in [6.07, 6.45) is 35.0. The van der Waals surface area contributed by atoms with E-state index in [1.54, 1.807) is 0 Å². The molecule has 0 saturated carbocycles. The summed E-state index contributed by atoms with van der Waals surface area (Å²) in [4.78, 5) is 0. The Balaban J connectivity index is 0.000000228. The lowest BCUT2D eigenvalue weighted by molar-refractivity contribution is -1.02. The Kier molecular flexibility index (Phi) is 15.5. The van der Waals surface area contributed by atoms with Crippen LogP contribution in [0.3, 0.4) is 0 Å². The van der Waals surface area contributed by atoms with Crippen LogP contribution in [-0.2, 0) is 46.9 Å². The third kappa shape index (κ3) is 20.0. The Morgan fingerprint density at radius 2 is 0.945 bits per heavy atom. The summed E-state index contributed by atoms with van der Waals surface area (Å²) in [5.74, 6) is 0.593. The summed E-state index contributed by atoms with van der Waals surface area (Å²) < 4.78 is 24.7. The number of hydrogen-bond donors (Lipinski definition) is 0. The van der Waals surface area contributed by atoms with Gasteiger partial charge < -0.3 is 0 Å². The normalized spacial score (nSPS) is 15.1. The molecule has 0 N–H and O–H groups in total. The zero-order chi connectivity index (χ0) is 41.2. The lowest BCUT2D eigenvalue weighted by Gasteiger charge is -2.21. The number of aromatic nitrogens is 8. The Bertz CT molecular complexity index is 1750. The number of rotatable bonds is 16. The van der Waals surface area contributed by atoms with Gasteiger partial charge in [0.05, 0.1) is 125 Å². The van der Waals surface area contributed by atoms with Gasteiger partial charge in [-0.3, -0.25) is 22.4 Å². The maximum Gasteiger partial charge on any atom is 0.275 e. The van der Waals surface area contributed by atoms with Gasteiger partial charge in [-0.2, -0.15) is 32.0 Å². The second-order valence-electron chi connectivity index (χ2n) is 20.8. The first kappa shape index (κ1) is 45.4. The van der Waals surface area contributed by atoms with Crippen molar-refractivity contribution in [3.05, 3.63) is 87.2 Å². The zero-order valence-electron chi connectivity index (χ0n) is 37.9. The van der Waals surface area contributed by atoms with Crippen molar-refractivity contribution in [2.45, 2.75) is 52.7 Å². The van der Waals surface area contributed by atoms with Crippen LogP contribution in [0.4, 0.5) is 0 Å². The zero-order valence-corrected chi connectivity index (χ0v) is 37.9. The monoisotopic (exact) mass is 771 g/mol. The fourth-order valence-corrected chi connectivity index (χ4v) is 6.43. The summed E-state index contributed by atoms with van der Waals surface area (Å²) in [5, 5.41) is 0. The van der Waals surface area contributed by atoms with E-state index in [-0.39, 0.29) is 0 Å². The minimum Gasteiger partial charge on any atom is -0.295 e. The van der Waals surface area contributed by atoms with E-state index in [1.165, 1.54) is 12.8 Å². The SMILES string of the molecule is C[N+](C)(C)C[N+]1=CC(CCCn2cc[n+](C[N+](C)(C)C)c2)C=C1.C[N+](C)(C)Cn1cc[n+](C[N+](C)(C)C)c1.C[n+]1ccn(C[n+]2ccn(C[N+](C)(C)C)c2)c1. The van der Waals surface area contributed by atoms with Gasteiger partial charge in [0.2, 0.25) is 46.0 Å². The van der Waals surface area contributed by atoms with E-state index in [9.17, 15) is 0 Å². The maximum absolute atomic E-state index is 2.37. The largest absolute Gasteiger partial charge is 0.295 e. The van der Waals surface area contributed by atoms with Gasteiger partial charge in [0.25, 0.3) is 19.3 Å². The van der Waals surface area contributed by atoms with Gasteiger partial charge in [0.1, 0.15) is 49.6 Å². The average molecular weight is 771 g/mol. The van der Waals surface area contributed by atoms with Crippen molar-refractivity contribution in [1.29, 1.82) is 0 Å². The first-order chi connectivity index (χ1) is 25.2. The minimum absolute atomic E-state index is 0.593. The Morgan fingerprint density at radius 1 is 0.491 bits per heavy atom. The van der Waals surface area contributed by atoms with Crippen molar-refractivity contribution in [3.8, 4) is 0 Å². The highest BCUT2D eigenvalue weighted by Gasteiger charge is 2.22. The molecule has 0 aliphatic carbocycles. The lowest BCUT2D eigenvalue weighted by Crippen LogP contribution is -2.49. The first-order valence-corrected chi connectivity index (χ1v) is 19.7. The van der Waals surface area contributed by atoms with Gasteiger partial charge in [-0.25, -0.2) is 9.13 Å². The first-order valence-electron chi connectivity index (χ1n) is 19.7. The van der Waals surface area contributed by atoms with Crippen LogP contribution < -0.4 is 18.3 Å². The van der Waals surface area contributed by atoms with E-state index >= 15 is 0 Å². The second kappa shape index (κ2) is 18.8. The van der Waals surface area contributed by atoms with Gasteiger partial charge in [-0.05, 0) is 18.9 Å². The molecule has 0 saturated heterocycles. The van der Waals surface area contributed by atoms with Crippen molar-refractivity contribution in [1.82, 2.24) is 18.3 Å². The van der Waals surface area contributed by atoms with E-state index in [2.05, 4.69) is 229 Å². The number of aryl methyl sites for hydroxylation is 2. The molecule has 306 valence electrons. The smallest absolute Gasteiger partial charge is 0.275 e. The minimum atomic E-state index is 0.593. The average Bonchev–Trinajstić information content (AvgIpc) is 3.82. The molecule has 4 aromatic rings. The summed E-state index contributed by atoms with van der Waals surface area (Å²) in [7, 11) is 35.1. The van der Waals surface area contributed by atoms with Gasteiger partial charge >= 0.3 is 0 Å². The fourth-order valence-electron chi connectivity index (χ4n) is 6.43. The molecular formula is C41H82N14+10. The summed E-state index contributed by atoms with van der Waals surface area (Å²) >= 11 is 0. The second-order valence-corrected chi connectivity index (χ2v) is 20.8. The number of allylic oxidation sites excluding steroid dienone is 1. The summed E-state index contributed by atoms with van der Waals surface area (Å²) in [6, 6.07) is 0. The van der Waals surface area contributed by atoms with Crippen LogP contribution in [0, 0.1) is 5.92 Å². The van der Waals surface area contributed by atoms with Gasteiger partial charge in [-0.15, -0.1) is 0 Å². The molecule has 0 amide bonds. The van der Waals surface area contributed by atoms with Crippen LogP contribution in [0.2, 0.25) is 0 Å². The molecule has 1 unspecified atom stereocenters.